The summed E-state index contributed by atoms with van der Waals surface area (Å²) < 4.78 is 1.61. The Morgan fingerprint density at radius 3 is 2.72 bits per heavy atom. The third kappa shape index (κ3) is 4.44. The van der Waals surface area contributed by atoms with Crippen LogP contribution in [0.15, 0.2) is 6.20 Å². The maximum absolute atomic E-state index is 11.6. The highest BCUT2D eigenvalue weighted by atomic mass is 16.4. The Labute approximate surface area is 105 Å². The quantitative estimate of drug-likeness (QED) is 0.733. The van der Waals surface area contributed by atoms with Crippen LogP contribution in [0.1, 0.15) is 25.5 Å². The molecule has 7 nitrogen and oxygen atoms in total. The van der Waals surface area contributed by atoms with E-state index < -0.39 is 5.97 Å². The number of anilines is 1. The van der Waals surface area contributed by atoms with Crippen molar-refractivity contribution in [3.63, 3.8) is 0 Å². The van der Waals surface area contributed by atoms with Gasteiger partial charge in [-0.1, -0.05) is 0 Å². The number of aryl methyl sites for hydroxylation is 2. The van der Waals surface area contributed by atoms with Crippen LogP contribution in [-0.4, -0.2) is 32.9 Å². The largest absolute Gasteiger partial charge is 0.481 e. The zero-order valence-corrected chi connectivity index (χ0v) is 10.7. The van der Waals surface area contributed by atoms with Crippen LogP contribution in [0.4, 0.5) is 10.5 Å². The van der Waals surface area contributed by atoms with Gasteiger partial charge in [0.25, 0.3) is 0 Å². The third-order valence-electron chi connectivity index (χ3n) is 2.43. The Balaban J connectivity index is 2.42. The summed E-state index contributed by atoms with van der Waals surface area (Å²) in [6, 6.07) is -0.554. The Kier molecular flexibility index (Phi) is 4.70. The number of carbonyl (C=O) groups is 2. The van der Waals surface area contributed by atoms with Crippen LogP contribution < -0.4 is 10.6 Å². The van der Waals surface area contributed by atoms with E-state index in [1.807, 2.05) is 0 Å². The maximum atomic E-state index is 11.6. The molecule has 0 aromatic carbocycles. The molecule has 0 bridgehead atoms. The minimum absolute atomic E-state index is 0.0351. The molecular formula is C11H18N4O3. The third-order valence-corrected chi connectivity index (χ3v) is 2.43. The number of carbonyl (C=O) groups excluding carboxylic acids is 1. The molecule has 7 heteroatoms. The number of aliphatic carboxylic acids is 1. The molecule has 3 N–H and O–H groups in total. The van der Waals surface area contributed by atoms with Crippen molar-refractivity contribution >= 4 is 17.7 Å². The summed E-state index contributed by atoms with van der Waals surface area (Å²) in [7, 11) is 1.77. The van der Waals surface area contributed by atoms with Gasteiger partial charge in [-0.15, -0.1) is 0 Å². The molecule has 0 saturated heterocycles. The molecule has 1 aromatic heterocycles. The van der Waals surface area contributed by atoms with Crippen LogP contribution in [0.25, 0.3) is 0 Å². The molecule has 1 rings (SSSR count). The van der Waals surface area contributed by atoms with Crippen LogP contribution in [0.2, 0.25) is 0 Å². The molecular weight excluding hydrogens is 236 g/mol. The van der Waals surface area contributed by atoms with Gasteiger partial charge in [-0.3, -0.25) is 9.48 Å². The van der Waals surface area contributed by atoms with E-state index in [2.05, 4.69) is 15.7 Å². The van der Waals surface area contributed by atoms with Crippen molar-refractivity contribution in [1.29, 1.82) is 0 Å². The van der Waals surface area contributed by atoms with Crippen LogP contribution in [0.3, 0.4) is 0 Å². The molecule has 0 radical (unpaired) electrons. The van der Waals surface area contributed by atoms with Gasteiger partial charge in [0, 0.05) is 25.7 Å². The minimum atomic E-state index is -0.868. The first kappa shape index (κ1) is 14.0. The molecule has 0 aliphatic carbocycles. The van der Waals surface area contributed by atoms with E-state index in [0.717, 1.165) is 5.69 Å². The Morgan fingerprint density at radius 1 is 1.56 bits per heavy atom. The number of amides is 2. The smallest absolute Gasteiger partial charge is 0.319 e. The van der Waals surface area contributed by atoms with Gasteiger partial charge in [0.15, 0.2) is 0 Å². The van der Waals surface area contributed by atoms with E-state index in [4.69, 9.17) is 5.11 Å². The summed E-state index contributed by atoms with van der Waals surface area (Å²) in [5.74, 6) is -0.868. The maximum Gasteiger partial charge on any atom is 0.319 e. The lowest BCUT2D eigenvalue weighted by Gasteiger charge is -2.13. The lowest BCUT2D eigenvalue weighted by molar-refractivity contribution is -0.137. The van der Waals surface area contributed by atoms with Crippen LogP contribution >= 0.6 is 0 Å². The predicted octanol–water partition coefficient (Wildman–Crippen LogP) is 1.10. The molecule has 18 heavy (non-hydrogen) atoms. The number of carboxylic acid groups (broad SMARTS) is 1. The molecule has 0 saturated carbocycles. The van der Waals surface area contributed by atoms with Crippen LogP contribution in [-0.2, 0) is 11.8 Å². The highest BCUT2D eigenvalue weighted by Gasteiger charge is 2.11. The molecule has 1 heterocycles. The van der Waals surface area contributed by atoms with Crippen LogP contribution in [0, 0.1) is 6.92 Å². The molecule has 0 aliphatic rings. The van der Waals surface area contributed by atoms with E-state index in [1.54, 1.807) is 31.8 Å². The first-order valence-corrected chi connectivity index (χ1v) is 5.68. The summed E-state index contributed by atoms with van der Waals surface area (Å²) in [6.07, 6.45) is 2.14. The molecule has 1 atom stereocenters. The van der Waals surface area contributed by atoms with E-state index in [9.17, 15) is 9.59 Å². The highest BCUT2D eigenvalue weighted by Crippen LogP contribution is 2.11. The topological polar surface area (TPSA) is 96.3 Å². The Hall–Kier alpha value is -2.05. The molecule has 0 spiro atoms. The van der Waals surface area contributed by atoms with Gasteiger partial charge < -0.3 is 15.7 Å². The zero-order chi connectivity index (χ0) is 13.7. The van der Waals surface area contributed by atoms with E-state index in [-0.39, 0.29) is 18.5 Å². The van der Waals surface area contributed by atoms with Gasteiger partial charge in [-0.05, 0) is 20.3 Å². The summed E-state index contributed by atoms with van der Waals surface area (Å²) in [6.45, 7) is 3.56. The number of rotatable bonds is 5. The summed E-state index contributed by atoms with van der Waals surface area (Å²) in [5.41, 5.74) is 1.37. The van der Waals surface area contributed by atoms with Crippen molar-refractivity contribution in [1.82, 2.24) is 15.1 Å². The number of carboxylic acids is 1. The summed E-state index contributed by atoms with van der Waals surface area (Å²) in [5, 5.41) is 18.0. The number of hydrogen-bond donors (Lipinski definition) is 3. The lowest BCUT2D eigenvalue weighted by Crippen LogP contribution is -2.36. The lowest BCUT2D eigenvalue weighted by atomic mass is 10.2. The van der Waals surface area contributed by atoms with Gasteiger partial charge in [-0.25, -0.2) is 4.79 Å². The highest BCUT2D eigenvalue weighted by molar-refractivity contribution is 5.89. The molecule has 1 aromatic rings. The number of nitrogens with one attached hydrogen (secondary N) is 2. The normalized spacial score (nSPS) is 11.9. The second kappa shape index (κ2) is 6.04. The zero-order valence-electron chi connectivity index (χ0n) is 10.7. The Bertz CT molecular complexity index is 441. The number of nitrogens with zero attached hydrogens (tertiary/aromatic N) is 2. The first-order chi connectivity index (χ1) is 8.38. The average Bonchev–Trinajstić information content (AvgIpc) is 2.54. The van der Waals surface area contributed by atoms with Gasteiger partial charge in [0.05, 0.1) is 11.4 Å². The second-order valence-corrected chi connectivity index (χ2v) is 4.23. The number of urea groups is 1. The van der Waals surface area contributed by atoms with Crippen molar-refractivity contribution in [2.75, 3.05) is 5.32 Å². The summed E-state index contributed by atoms with van der Waals surface area (Å²) in [4.78, 5) is 22.0. The number of hydrogen-bond acceptors (Lipinski definition) is 3. The van der Waals surface area contributed by atoms with Crippen molar-refractivity contribution < 1.29 is 14.7 Å². The van der Waals surface area contributed by atoms with Crippen molar-refractivity contribution in [3.05, 3.63) is 11.9 Å². The fourth-order valence-corrected chi connectivity index (χ4v) is 1.52. The van der Waals surface area contributed by atoms with E-state index in [1.165, 1.54) is 0 Å². The van der Waals surface area contributed by atoms with Gasteiger partial charge in [0.1, 0.15) is 0 Å². The first-order valence-electron chi connectivity index (χ1n) is 5.68. The van der Waals surface area contributed by atoms with Gasteiger partial charge >= 0.3 is 12.0 Å². The molecule has 1 unspecified atom stereocenters. The molecule has 0 fully saturated rings. The van der Waals surface area contributed by atoms with Gasteiger partial charge in [-0.2, -0.15) is 5.10 Å². The Morgan fingerprint density at radius 2 is 2.22 bits per heavy atom. The molecule has 100 valence electrons. The predicted molar refractivity (Wildman–Crippen MR) is 66.4 cm³/mol. The average molecular weight is 254 g/mol. The monoisotopic (exact) mass is 254 g/mol. The standard InChI is InChI=1S/C11H18N4O3/c1-7(4-5-10(16)17)12-11(18)13-9-6-15(3)14-8(9)2/h6-7H,4-5H2,1-3H3,(H,16,17)(H2,12,13,18). The second-order valence-electron chi connectivity index (χ2n) is 4.23. The van der Waals surface area contributed by atoms with E-state index >= 15 is 0 Å². The van der Waals surface area contributed by atoms with Crippen molar-refractivity contribution in [3.8, 4) is 0 Å². The number of aromatic nitrogens is 2. The SMILES string of the molecule is Cc1nn(C)cc1NC(=O)NC(C)CCC(=O)O. The van der Waals surface area contributed by atoms with Crippen LogP contribution in [0.5, 0.6) is 0 Å². The van der Waals surface area contributed by atoms with Crippen molar-refractivity contribution in [2.24, 2.45) is 7.05 Å². The van der Waals surface area contributed by atoms with Crippen molar-refractivity contribution in [2.45, 2.75) is 32.7 Å². The minimum Gasteiger partial charge on any atom is -0.481 e. The van der Waals surface area contributed by atoms with E-state index in [0.29, 0.717) is 12.1 Å². The fraction of sp³-hybridized carbons (Fsp3) is 0.545. The van der Waals surface area contributed by atoms with Gasteiger partial charge in [0.2, 0.25) is 0 Å². The fourth-order valence-electron chi connectivity index (χ4n) is 1.52. The summed E-state index contributed by atoms with van der Waals surface area (Å²) >= 11 is 0. The molecule has 2 amide bonds. The molecule has 0 aliphatic heterocycles.